The van der Waals surface area contributed by atoms with Crippen molar-refractivity contribution in [2.24, 2.45) is 0 Å². The molecule has 7 nitrogen and oxygen atoms in total. The Kier molecular flexibility index (Phi) is 5.43. The molecule has 0 N–H and O–H groups in total. The lowest BCUT2D eigenvalue weighted by molar-refractivity contribution is 0.0474. The molecule has 2 aromatic rings. The number of ketones is 1. The highest BCUT2D eigenvalue weighted by molar-refractivity contribution is 5.99. The van der Waals surface area contributed by atoms with Crippen molar-refractivity contribution >= 4 is 11.8 Å². The van der Waals surface area contributed by atoms with Crippen LogP contribution in [-0.4, -0.2) is 44.5 Å². The Morgan fingerprint density at radius 2 is 1.79 bits per heavy atom. The normalized spacial score (nSPS) is 17.4. The first-order chi connectivity index (χ1) is 13.7. The smallest absolute Gasteiger partial charge is 0.338 e. The zero-order valence-corrected chi connectivity index (χ0v) is 15.2. The number of esters is 1. The summed E-state index contributed by atoms with van der Waals surface area (Å²) in [6.45, 7) is 1.06. The standard InChI is InChI=1S/C21H20O7/c22-18(15-5-8-19-20(10-15)28-13-27-19)12-26-21(23)14-3-6-16(7-4-14)25-11-17-2-1-9-24-17/h3-8,10,17H,1-2,9,11-13H2/t17-/m0/s1. The summed E-state index contributed by atoms with van der Waals surface area (Å²) < 4.78 is 26.7. The number of fused-ring (bicyclic) bond motifs is 1. The summed E-state index contributed by atoms with van der Waals surface area (Å²) in [5.74, 6) is 0.873. The molecule has 7 heteroatoms. The Hall–Kier alpha value is -3.06. The zero-order valence-electron chi connectivity index (χ0n) is 15.2. The number of carbonyl (C=O) groups excluding carboxylic acids is 2. The van der Waals surface area contributed by atoms with Crippen LogP contribution in [0.4, 0.5) is 0 Å². The molecule has 0 amide bonds. The van der Waals surface area contributed by atoms with Crippen molar-refractivity contribution in [3.8, 4) is 17.2 Å². The highest BCUT2D eigenvalue weighted by atomic mass is 16.7. The van der Waals surface area contributed by atoms with Crippen molar-refractivity contribution in [1.82, 2.24) is 0 Å². The maximum atomic E-state index is 12.2. The molecule has 1 atom stereocenters. The van der Waals surface area contributed by atoms with Gasteiger partial charge in [-0.25, -0.2) is 4.79 Å². The van der Waals surface area contributed by atoms with Gasteiger partial charge in [0.2, 0.25) is 6.79 Å². The van der Waals surface area contributed by atoms with Crippen molar-refractivity contribution in [2.75, 3.05) is 26.6 Å². The third kappa shape index (κ3) is 4.26. The topological polar surface area (TPSA) is 80.3 Å². The van der Waals surface area contributed by atoms with Crippen molar-refractivity contribution in [1.29, 1.82) is 0 Å². The molecule has 146 valence electrons. The number of rotatable bonds is 7. The van der Waals surface area contributed by atoms with E-state index >= 15 is 0 Å². The average molecular weight is 384 g/mol. The molecule has 2 aliphatic heterocycles. The molecule has 0 aliphatic carbocycles. The van der Waals surface area contributed by atoms with Crippen LogP contribution in [0.5, 0.6) is 17.2 Å². The fourth-order valence-electron chi connectivity index (χ4n) is 3.02. The first-order valence-corrected chi connectivity index (χ1v) is 9.13. The summed E-state index contributed by atoms with van der Waals surface area (Å²) in [5, 5.41) is 0. The number of benzene rings is 2. The molecule has 0 aromatic heterocycles. The van der Waals surface area contributed by atoms with E-state index in [0.29, 0.717) is 35.0 Å². The number of Topliss-reactive ketones (excluding diaryl/α,β-unsaturated/α-hetero) is 1. The number of ether oxygens (including phenoxy) is 5. The van der Waals surface area contributed by atoms with E-state index in [1.807, 2.05) is 0 Å². The molecule has 0 radical (unpaired) electrons. The van der Waals surface area contributed by atoms with Crippen LogP contribution in [0.3, 0.4) is 0 Å². The SMILES string of the molecule is O=C(COC(=O)c1ccc(OC[C@@H]2CCCO2)cc1)c1ccc2c(c1)OCO2. The minimum atomic E-state index is -0.570. The molecule has 2 aromatic carbocycles. The second kappa shape index (κ2) is 8.31. The Balaban J connectivity index is 1.27. The summed E-state index contributed by atoms with van der Waals surface area (Å²) in [5.41, 5.74) is 0.748. The Morgan fingerprint density at radius 1 is 1.00 bits per heavy atom. The van der Waals surface area contributed by atoms with Crippen LogP contribution in [0.2, 0.25) is 0 Å². The lowest BCUT2D eigenvalue weighted by Gasteiger charge is -2.11. The predicted octanol–water partition coefficient (Wildman–Crippen LogP) is 3.01. The highest BCUT2D eigenvalue weighted by Gasteiger charge is 2.18. The van der Waals surface area contributed by atoms with E-state index in [4.69, 9.17) is 23.7 Å². The zero-order chi connectivity index (χ0) is 19.3. The lowest BCUT2D eigenvalue weighted by atomic mass is 10.1. The van der Waals surface area contributed by atoms with Crippen molar-refractivity contribution < 1.29 is 33.3 Å². The van der Waals surface area contributed by atoms with Gasteiger partial charge in [0.05, 0.1) is 11.7 Å². The van der Waals surface area contributed by atoms with Crippen molar-refractivity contribution in [3.63, 3.8) is 0 Å². The first-order valence-electron chi connectivity index (χ1n) is 9.13. The van der Waals surface area contributed by atoms with Crippen molar-refractivity contribution in [3.05, 3.63) is 53.6 Å². The van der Waals surface area contributed by atoms with E-state index in [-0.39, 0.29) is 25.3 Å². The van der Waals surface area contributed by atoms with Gasteiger partial charge in [-0.2, -0.15) is 0 Å². The third-order valence-corrected chi connectivity index (χ3v) is 4.58. The van der Waals surface area contributed by atoms with Gasteiger partial charge in [0.15, 0.2) is 23.9 Å². The van der Waals surface area contributed by atoms with E-state index < -0.39 is 5.97 Å². The molecule has 2 heterocycles. The highest BCUT2D eigenvalue weighted by Crippen LogP contribution is 2.32. The summed E-state index contributed by atoms with van der Waals surface area (Å²) >= 11 is 0. The van der Waals surface area contributed by atoms with Crippen LogP contribution < -0.4 is 14.2 Å². The molecule has 4 rings (SSSR count). The van der Waals surface area contributed by atoms with Gasteiger partial charge in [-0.3, -0.25) is 4.79 Å². The summed E-state index contributed by atoms with van der Waals surface area (Å²) in [6, 6.07) is 11.5. The molecule has 1 saturated heterocycles. The van der Waals surface area contributed by atoms with E-state index in [0.717, 1.165) is 19.4 Å². The molecular formula is C21H20O7. The minimum Gasteiger partial charge on any atom is -0.491 e. The Morgan fingerprint density at radius 3 is 2.57 bits per heavy atom. The second-order valence-corrected chi connectivity index (χ2v) is 6.54. The number of hydrogen-bond donors (Lipinski definition) is 0. The molecule has 0 unspecified atom stereocenters. The van der Waals surface area contributed by atoms with Gasteiger partial charge in [0, 0.05) is 12.2 Å². The molecule has 0 bridgehead atoms. The van der Waals surface area contributed by atoms with Gasteiger partial charge in [-0.05, 0) is 55.3 Å². The van der Waals surface area contributed by atoms with E-state index in [1.54, 1.807) is 42.5 Å². The van der Waals surface area contributed by atoms with Gasteiger partial charge in [0.25, 0.3) is 0 Å². The van der Waals surface area contributed by atoms with Crippen LogP contribution >= 0.6 is 0 Å². The molecule has 28 heavy (non-hydrogen) atoms. The Bertz CT molecular complexity index is 854. The van der Waals surface area contributed by atoms with Crippen LogP contribution in [0.25, 0.3) is 0 Å². The molecule has 1 fully saturated rings. The van der Waals surface area contributed by atoms with Crippen LogP contribution in [-0.2, 0) is 9.47 Å². The predicted molar refractivity (Wildman–Crippen MR) is 98.1 cm³/mol. The van der Waals surface area contributed by atoms with Crippen LogP contribution in [0, 0.1) is 0 Å². The first kappa shape index (κ1) is 18.3. The van der Waals surface area contributed by atoms with Gasteiger partial charge in [0.1, 0.15) is 12.4 Å². The van der Waals surface area contributed by atoms with E-state index in [2.05, 4.69) is 0 Å². The van der Waals surface area contributed by atoms with Crippen LogP contribution in [0.1, 0.15) is 33.6 Å². The van der Waals surface area contributed by atoms with Gasteiger partial charge >= 0.3 is 5.97 Å². The van der Waals surface area contributed by atoms with Gasteiger partial charge in [-0.15, -0.1) is 0 Å². The minimum absolute atomic E-state index is 0.131. The molecule has 0 saturated carbocycles. The van der Waals surface area contributed by atoms with E-state index in [1.165, 1.54) is 0 Å². The largest absolute Gasteiger partial charge is 0.491 e. The summed E-state index contributed by atoms with van der Waals surface area (Å²) in [7, 11) is 0. The maximum absolute atomic E-state index is 12.2. The third-order valence-electron chi connectivity index (χ3n) is 4.58. The summed E-state index contributed by atoms with van der Waals surface area (Å²) in [4.78, 5) is 24.4. The second-order valence-electron chi connectivity index (χ2n) is 6.54. The molecule has 2 aliphatic rings. The van der Waals surface area contributed by atoms with Crippen molar-refractivity contribution in [2.45, 2.75) is 18.9 Å². The lowest BCUT2D eigenvalue weighted by Crippen LogP contribution is -2.16. The maximum Gasteiger partial charge on any atom is 0.338 e. The van der Waals surface area contributed by atoms with E-state index in [9.17, 15) is 9.59 Å². The number of carbonyl (C=O) groups is 2. The quantitative estimate of drug-likeness (QED) is 0.536. The number of hydrogen-bond acceptors (Lipinski definition) is 7. The molecular weight excluding hydrogens is 364 g/mol. The average Bonchev–Trinajstić information content (AvgIpc) is 3.41. The fraction of sp³-hybridized carbons (Fsp3) is 0.333. The van der Waals surface area contributed by atoms with Gasteiger partial charge in [-0.1, -0.05) is 0 Å². The Labute approximate surface area is 162 Å². The van der Waals surface area contributed by atoms with Crippen LogP contribution in [0.15, 0.2) is 42.5 Å². The monoisotopic (exact) mass is 384 g/mol. The summed E-state index contributed by atoms with van der Waals surface area (Å²) in [6.07, 6.45) is 2.19. The fourth-order valence-corrected chi connectivity index (χ4v) is 3.02. The molecule has 0 spiro atoms. The van der Waals surface area contributed by atoms with Gasteiger partial charge < -0.3 is 23.7 Å².